The van der Waals surface area contributed by atoms with Gasteiger partial charge in [0.25, 0.3) is 0 Å². The van der Waals surface area contributed by atoms with Crippen molar-refractivity contribution < 1.29 is 5.11 Å². The second kappa shape index (κ2) is 6.61. The molecule has 3 nitrogen and oxygen atoms in total. The van der Waals surface area contributed by atoms with E-state index in [1.54, 1.807) is 6.07 Å². The van der Waals surface area contributed by atoms with Crippen molar-refractivity contribution in [3.05, 3.63) is 23.8 Å². The molecule has 0 fully saturated rings. The molecule has 0 aliphatic heterocycles. The predicted molar refractivity (Wildman–Crippen MR) is 71.5 cm³/mol. The number of rotatable bonds is 4. The minimum atomic E-state index is -0.129. The maximum atomic E-state index is 9.80. The molecule has 0 spiro atoms. The Morgan fingerprint density at radius 2 is 1.88 bits per heavy atom. The number of halogens is 1. The summed E-state index contributed by atoms with van der Waals surface area (Å²) in [5.41, 5.74) is 7.57. The Balaban J connectivity index is 0.00000225. The van der Waals surface area contributed by atoms with Crippen molar-refractivity contribution in [2.45, 2.75) is 26.8 Å². The highest BCUT2D eigenvalue weighted by Gasteiger charge is 2.08. The van der Waals surface area contributed by atoms with Crippen LogP contribution in [0.3, 0.4) is 0 Å². The summed E-state index contributed by atoms with van der Waals surface area (Å²) >= 11 is 0. The number of hydrogen-bond donors (Lipinski definition) is 2. The fraction of sp³-hybridized carbons (Fsp3) is 0.500. The number of phenolic OH excluding ortho intramolecular Hbond substituents is 1. The SMILES string of the molecule is CCN(CC)c1ccc([C@@H](C)N)c(O)c1.Cl. The van der Waals surface area contributed by atoms with E-state index in [2.05, 4.69) is 18.7 Å². The van der Waals surface area contributed by atoms with Crippen molar-refractivity contribution in [3.8, 4) is 5.75 Å². The summed E-state index contributed by atoms with van der Waals surface area (Å²) < 4.78 is 0. The summed E-state index contributed by atoms with van der Waals surface area (Å²) in [7, 11) is 0. The van der Waals surface area contributed by atoms with Crippen LogP contribution in [0.2, 0.25) is 0 Å². The Kier molecular flexibility index (Phi) is 6.22. The standard InChI is InChI=1S/C12H20N2O.ClH/c1-4-14(5-2)10-6-7-11(9(3)13)12(15)8-10;/h6-9,15H,4-5,13H2,1-3H3;1H/t9-;/m1./s1. The number of nitrogens with two attached hydrogens (primary N) is 1. The quantitative estimate of drug-likeness (QED) is 0.856. The van der Waals surface area contributed by atoms with Crippen LogP contribution in [-0.4, -0.2) is 18.2 Å². The smallest absolute Gasteiger partial charge is 0.122 e. The lowest BCUT2D eigenvalue weighted by molar-refractivity contribution is 0.463. The van der Waals surface area contributed by atoms with E-state index in [4.69, 9.17) is 5.73 Å². The minimum absolute atomic E-state index is 0. The topological polar surface area (TPSA) is 49.5 Å². The number of phenols is 1. The van der Waals surface area contributed by atoms with E-state index in [-0.39, 0.29) is 24.2 Å². The summed E-state index contributed by atoms with van der Waals surface area (Å²) in [5, 5.41) is 9.80. The fourth-order valence-corrected chi connectivity index (χ4v) is 1.70. The second-order valence-corrected chi connectivity index (χ2v) is 3.70. The highest BCUT2D eigenvalue weighted by atomic mass is 35.5. The summed E-state index contributed by atoms with van der Waals surface area (Å²) in [6.07, 6.45) is 0. The second-order valence-electron chi connectivity index (χ2n) is 3.70. The van der Waals surface area contributed by atoms with E-state index in [0.29, 0.717) is 0 Å². The van der Waals surface area contributed by atoms with Crippen LogP contribution in [0.15, 0.2) is 18.2 Å². The van der Waals surface area contributed by atoms with Crippen LogP contribution in [-0.2, 0) is 0 Å². The highest BCUT2D eigenvalue weighted by Crippen LogP contribution is 2.27. The zero-order valence-electron chi connectivity index (χ0n) is 10.1. The van der Waals surface area contributed by atoms with Crippen LogP contribution in [0.25, 0.3) is 0 Å². The molecule has 0 bridgehead atoms. The molecule has 92 valence electrons. The number of aromatic hydroxyl groups is 1. The van der Waals surface area contributed by atoms with Crippen molar-refractivity contribution in [1.29, 1.82) is 0 Å². The first-order valence-electron chi connectivity index (χ1n) is 5.43. The molecule has 4 heteroatoms. The van der Waals surface area contributed by atoms with E-state index < -0.39 is 0 Å². The van der Waals surface area contributed by atoms with Crippen LogP contribution in [0, 0.1) is 0 Å². The van der Waals surface area contributed by atoms with Crippen molar-refractivity contribution in [3.63, 3.8) is 0 Å². The molecule has 16 heavy (non-hydrogen) atoms. The lowest BCUT2D eigenvalue weighted by Gasteiger charge is -2.22. The molecule has 0 amide bonds. The van der Waals surface area contributed by atoms with Crippen LogP contribution in [0.4, 0.5) is 5.69 Å². The Bertz CT molecular complexity index is 325. The van der Waals surface area contributed by atoms with Gasteiger partial charge in [-0.1, -0.05) is 6.07 Å². The molecule has 1 rings (SSSR count). The molecular weight excluding hydrogens is 224 g/mol. The van der Waals surface area contributed by atoms with E-state index in [9.17, 15) is 5.11 Å². The lowest BCUT2D eigenvalue weighted by Crippen LogP contribution is -2.21. The Morgan fingerprint density at radius 1 is 1.31 bits per heavy atom. The molecule has 0 unspecified atom stereocenters. The zero-order chi connectivity index (χ0) is 11.4. The Hall–Kier alpha value is -0.930. The van der Waals surface area contributed by atoms with Gasteiger partial charge in [0, 0.05) is 36.4 Å². The van der Waals surface area contributed by atoms with Gasteiger partial charge in [-0.2, -0.15) is 0 Å². The van der Waals surface area contributed by atoms with E-state index in [1.165, 1.54) is 0 Å². The summed E-state index contributed by atoms with van der Waals surface area (Å²) in [6, 6.07) is 5.56. The minimum Gasteiger partial charge on any atom is -0.508 e. The molecule has 1 atom stereocenters. The third kappa shape index (κ3) is 3.29. The highest BCUT2D eigenvalue weighted by molar-refractivity contribution is 5.85. The first-order valence-corrected chi connectivity index (χ1v) is 5.43. The van der Waals surface area contributed by atoms with Crippen LogP contribution < -0.4 is 10.6 Å². The lowest BCUT2D eigenvalue weighted by atomic mass is 10.1. The van der Waals surface area contributed by atoms with Gasteiger partial charge < -0.3 is 15.7 Å². The zero-order valence-corrected chi connectivity index (χ0v) is 10.9. The monoisotopic (exact) mass is 244 g/mol. The predicted octanol–water partition coefficient (Wildman–Crippen LogP) is 2.68. The third-order valence-electron chi connectivity index (χ3n) is 2.63. The van der Waals surface area contributed by atoms with Gasteiger partial charge in [-0.15, -0.1) is 12.4 Å². The van der Waals surface area contributed by atoms with E-state index in [1.807, 2.05) is 19.1 Å². The number of anilines is 1. The molecule has 3 N–H and O–H groups in total. The summed E-state index contributed by atoms with van der Waals surface area (Å²) in [4.78, 5) is 2.19. The van der Waals surface area contributed by atoms with Gasteiger partial charge in [-0.25, -0.2) is 0 Å². The van der Waals surface area contributed by atoms with E-state index >= 15 is 0 Å². The van der Waals surface area contributed by atoms with Crippen LogP contribution in [0.1, 0.15) is 32.4 Å². The fourth-order valence-electron chi connectivity index (χ4n) is 1.70. The normalized spacial score (nSPS) is 11.8. The molecule has 0 aliphatic rings. The van der Waals surface area contributed by atoms with E-state index in [0.717, 1.165) is 24.3 Å². The molecule has 0 aliphatic carbocycles. The van der Waals surface area contributed by atoms with Crippen molar-refractivity contribution >= 4 is 18.1 Å². The van der Waals surface area contributed by atoms with Crippen molar-refractivity contribution in [2.75, 3.05) is 18.0 Å². The van der Waals surface area contributed by atoms with Crippen molar-refractivity contribution in [2.24, 2.45) is 5.73 Å². The van der Waals surface area contributed by atoms with Crippen LogP contribution >= 0.6 is 12.4 Å². The molecule has 0 aromatic heterocycles. The summed E-state index contributed by atoms with van der Waals surface area (Å²) in [5.74, 6) is 0.286. The third-order valence-corrected chi connectivity index (χ3v) is 2.63. The maximum Gasteiger partial charge on any atom is 0.122 e. The van der Waals surface area contributed by atoms with Crippen LogP contribution in [0.5, 0.6) is 5.75 Å². The van der Waals surface area contributed by atoms with Gasteiger partial charge in [-0.3, -0.25) is 0 Å². The first kappa shape index (κ1) is 15.1. The maximum absolute atomic E-state index is 9.80. The Morgan fingerprint density at radius 3 is 2.25 bits per heavy atom. The average molecular weight is 245 g/mol. The van der Waals surface area contributed by atoms with Gasteiger partial charge in [0.15, 0.2) is 0 Å². The molecule has 0 saturated heterocycles. The van der Waals surface area contributed by atoms with Gasteiger partial charge in [0.05, 0.1) is 0 Å². The molecule has 1 aromatic carbocycles. The molecule has 0 saturated carbocycles. The average Bonchev–Trinajstić information content (AvgIpc) is 2.19. The van der Waals surface area contributed by atoms with Gasteiger partial charge in [0.2, 0.25) is 0 Å². The van der Waals surface area contributed by atoms with Crippen molar-refractivity contribution in [1.82, 2.24) is 0 Å². The van der Waals surface area contributed by atoms with Gasteiger partial charge in [0.1, 0.15) is 5.75 Å². The number of hydrogen-bond acceptors (Lipinski definition) is 3. The molecule has 1 aromatic rings. The summed E-state index contributed by atoms with van der Waals surface area (Å²) in [6.45, 7) is 7.94. The Labute approximate surface area is 104 Å². The largest absolute Gasteiger partial charge is 0.508 e. The number of benzene rings is 1. The molecular formula is C12H21ClN2O. The molecule has 0 radical (unpaired) electrons. The van der Waals surface area contributed by atoms with Gasteiger partial charge in [-0.05, 0) is 26.8 Å². The molecule has 0 heterocycles. The van der Waals surface area contributed by atoms with Gasteiger partial charge >= 0.3 is 0 Å². The number of nitrogens with zero attached hydrogens (tertiary/aromatic N) is 1. The first-order chi connectivity index (χ1) is 7.10.